The highest BCUT2D eigenvalue weighted by Crippen LogP contribution is 2.49. The number of piperazine rings is 1. The van der Waals surface area contributed by atoms with Crippen LogP contribution in [0.3, 0.4) is 0 Å². The molecule has 3 aromatic heterocycles. The van der Waals surface area contributed by atoms with Crippen LogP contribution in [0.15, 0.2) is 17.2 Å². The Bertz CT molecular complexity index is 1230. The van der Waals surface area contributed by atoms with Crippen molar-refractivity contribution in [2.75, 3.05) is 31.1 Å². The first-order chi connectivity index (χ1) is 15.5. The predicted molar refractivity (Wildman–Crippen MR) is 127 cm³/mol. The second-order valence-electron chi connectivity index (χ2n) is 9.11. The molecule has 166 valence electrons. The molecule has 3 fully saturated rings. The summed E-state index contributed by atoms with van der Waals surface area (Å²) in [6, 6.07) is 4.61. The monoisotopic (exact) mass is 486 g/mol. The summed E-state index contributed by atoms with van der Waals surface area (Å²) in [5.41, 5.74) is 1.74. The van der Waals surface area contributed by atoms with Crippen LogP contribution in [0, 0.1) is 11.3 Å². The van der Waals surface area contributed by atoms with Gasteiger partial charge in [-0.3, -0.25) is 9.12 Å². The first-order valence-electron chi connectivity index (χ1n) is 10.9. The molecule has 0 aromatic carbocycles. The van der Waals surface area contributed by atoms with E-state index in [0.29, 0.717) is 16.0 Å². The van der Waals surface area contributed by atoms with E-state index in [1.54, 1.807) is 11.9 Å². The van der Waals surface area contributed by atoms with Crippen LogP contribution in [0.1, 0.15) is 37.6 Å². The Kier molecular flexibility index (Phi) is 4.89. The highest BCUT2D eigenvalue weighted by atomic mass is 35.5. The first kappa shape index (κ1) is 20.7. The lowest BCUT2D eigenvalue weighted by Crippen LogP contribution is -2.43. The van der Waals surface area contributed by atoms with E-state index < -0.39 is 5.41 Å². The lowest BCUT2D eigenvalue weighted by atomic mass is 10.1. The van der Waals surface area contributed by atoms with Crippen molar-refractivity contribution in [3.8, 4) is 16.9 Å². The molecule has 6 rings (SSSR count). The number of halogens is 1. The summed E-state index contributed by atoms with van der Waals surface area (Å²) in [5.74, 6) is 0.680. The standard InChI is InChI=1S/C21H23ClN8S2/c1-20(2-3-20)28-32-13-10-14(29-8-6-24-7-9-29)15-16(22)25-17(30(15)11-13)18-26-27-19(31-18)21(12-23)4-5-21/h10-11,24,28H,2-9H2,1H3. The van der Waals surface area contributed by atoms with Crippen molar-refractivity contribution >= 4 is 46.1 Å². The Labute approximate surface area is 199 Å². The molecule has 32 heavy (non-hydrogen) atoms. The van der Waals surface area contributed by atoms with Gasteiger partial charge < -0.3 is 10.2 Å². The smallest absolute Gasteiger partial charge is 0.184 e. The normalized spacial score (nSPS) is 21.0. The van der Waals surface area contributed by atoms with Gasteiger partial charge >= 0.3 is 0 Å². The summed E-state index contributed by atoms with van der Waals surface area (Å²) in [6.07, 6.45) is 6.17. The van der Waals surface area contributed by atoms with Crippen LogP contribution in [0.25, 0.3) is 16.3 Å². The fraction of sp³-hybridized carbons (Fsp3) is 0.524. The zero-order chi connectivity index (χ0) is 21.9. The number of nitrogens with one attached hydrogen (secondary N) is 2. The van der Waals surface area contributed by atoms with E-state index >= 15 is 0 Å². The van der Waals surface area contributed by atoms with Crippen LogP contribution >= 0.6 is 34.9 Å². The van der Waals surface area contributed by atoms with Crippen molar-refractivity contribution in [1.82, 2.24) is 29.6 Å². The Balaban J connectivity index is 1.45. The van der Waals surface area contributed by atoms with Gasteiger partial charge in [0.25, 0.3) is 0 Å². The van der Waals surface area contributed by atoms with E-state index in [4.69, 9.17) is 16.6 Å². The maximum Gasteiger partial charge on any atom is 0.184 e. The van der Waals surface area contributed by atoms with E-state index in [-0.39, 0.29) is 5.54 Å². The summed E-state index contributed by atoms with van der Waals surface area (Å²) in [7, 11) is 0. The minimum Gasteiger partial charge on any atom is -0.367 e. The number of nitriles is 1. The summed E-state index contributed by atoms with van der Waals surface area (Å²) >= 11 is 9.82. The molecule has 1 saturated heterocycles. The number of imidazole rings is 1. The average molecular weight is 487 g/mol. The fourth-order valence-corrected chi connectivity index (χ4v) is 6.15. The Morgan fingerprint density at radius 1 is 1.25 bits per heavy atom. The second kappa shape index (κ2) is 7.57. The third-order valence-electron chi connectivity index (χ3n) is 6.51. The van der Waals surface area contributed by atoms with Crippen LogP contribution < -0.4 is 14.9 Å². The van der Waals surface area contributed by atoms with Gasteiger partial charge in [0.15, 0.2) is 16.0 Å². The molecule has 0 amide bonds. The molecule has 0 radical (unpaired) electrons. The third kappa shape index (κ3) is 3.56. The van der Waals surface area contributed by atoms with E-state index in [2.05, 4.69) is 54.8 Å². The molecular formula is C21H23ClN8S2. The van der Waals surface area contributed by atoms with Gasteiger partial charge in [-0.1, -0.05) is 22.9 Å². The van der Waals surface area contributed by atoms with Gasteiger partial charge in [-0.05, 0) is 50.6 Å². The van der Waals surface area contributed by atoms with E-state index in [1.807, 2.05) is 0 Å². The van der Waals surface area contributed by atoms with Gasteiger partial charge in [-0.2, -0.15) is 5.26 Å². The zero-order valence-electron chi connectivity index (χ0n) is 17.7. The highest BCUT2D eigenvalue weighted by Gasteiger charge is 2.48. The molecule has 0 spiro atoms. The topological polar surface area (TPSA) is 94.2 Å². The van der Waals surface area contributed by atoms with Crippen LogP contribution in [0.2, 0.25) is 5.15 Å². The Morgan fingerprint density at radius 3 is 2.72 bits per heavy atom. The molecule has 3 aliphatic rings. The summed E-state index contributed by atoms with van der Waals surface area (Å²) in [6.45, 7) is 5.96. The molecule has 11 heteroatoms. The molecule has 0 unspecified atom stereocenters. The predicted octanol–water partition coefficient (Wildman–Crippen LogP) is 3.62. The van der Waals surface area contributed by atoms with Crippen molar-refractivity contribution in [2.24, 2.45) is 0 Å². The molecule has 0 atom stereocenters. The van der Waals surface area contributed by atoms with Crippen molar-refractivity contribution in [2.45, 2.75) is 48.5 Å². The quantitative estimate of drug-likeness (QED) is 0.510. The number of rotatable bonds is 6. The Morgan fingerprint density at radius 2 is 2.03 bits per heavy atom. The summed E-state index contributed by atoms with van der Waals surface area (Å²) < 4.78 is 5.66. The number of anilines is 1. The first-order valence-corrected chi connectivity index (χ1v) is 12.9. The molecule has 3 aromatic rings. The fourth-order valence-electron chi connectivity index (χ4n) is 3.96. The summed E-state index contributed by atoms with van der Waals surface area (Å²) in [4.78, 5) is 8.17. The average Bonchev–Trinajstić information content (AvgIpc) is 3.69. The maximum atomic E-state index is 9.54. The number of nitrogens with zero attached hydrogens (tertiary/aromatic N) is 6. The van der Waals surface area contributed by atoms with Crippen LogP contribution in [-0.4, -0.2) is 51.3 Å². The molecule has 1 aliphatic heterocycles. The van der Waals surface area contributed by atoms with Gasteiger partial charge in [0.1, 0.15) is 15.9 Å². The molecule has 8 nitrogen and oxygen atoms in total. The molecule has 2 N–H and O–H groups in total. The van der Waals surface area contributed by atoms with Crippen molar-refractivity contribution in [3.05, 3.63) is 22.4 Å². The minimum atomic E-state index is -0.455. The van der Waals surface area contributed by atoms with Crippen LogP contribution in [0.4, 0.5) is 5.69 Å². The molecule has 2 saturated carbocycles. The van der Waals surface area contributed by atoms with Gasteiger partial charge in [-0.15, -0.1) is 10.2 Å². The second-order valence-corrected chi connectivity index (χ2v) is 11.3. The van der Waals surface area contributed by atoms with Crippen molar-refractivity contribution in [1.29, 1.82) is 5.26 Å². The van der Waals surface area contributed by atoms with E-state index in [0.717, 1.165) is 60.1 Å². The zero-order valence-corrected chi connectivity index (χ0v) is 20.1. The molecule has 2 aliphatic carbocycles. The molecule has 0 bridgehead atoms. The number of pyridine rings is 1. The minimum absolute atomic E-state index is 0.217. The largest absolute Gasteiger partial charge is 0.367 e. The van der Waals surface area contributed by atoms with Gasteiger partial charge in [0, 0.05) is 42.8 Å². The number of hydrogen-bond donors (Lipinski definition) is 2. The Hall–Kier alpha value is -1.90. The van der Waals surface area contributed by atoms with Gasteiger partial charge in [-0.25, -0.2) is 4.98 Å². The van der Waals surface area contributed by atoms with Gasteiger partial charge in [0.05, 0.1) is 11.8 Å². The van der Waals surface area contributed by atoms with Crippen LogP contribution in [-0.2, 0) is 5.41 Å². The molecule has 4 heterocycles. The number of aromatic nitrogens is 4. The highest BCUT2D eigenvalue weighted by molar-refractivity contribution is 7.97. The van der Waals surface area contributed by atoms with Crippen molar-refractivity contribution in [3.63, 3.8) is 0 Å². The van der Waals surface area contributed by atoms with E-state index in [9.17, 15) is 5.26 Å². The lowest BCUT2D eigenvalue weighted by Gasteiger charge is -2.30. The SMILES string of the molecule is CC1(NSc2cc(N3CCNCC3)c3c(Cl)nc(-c4nnc(C5(C#N)CC5)s4)n3c2)CC1. The number of hydrogen-bond acceptors (Lipinski definition) is 9. The molecular weight excluding hydrogens is 464 g/mol. The van der Waals surface area contributed by atoms with E-state index in [1.165, 1.54) is 24.2 Å². The summed E-state index contributed by atoms with van der Waals surface area (Å²) in [5, 5.41) is 23.6. The lowest BCUT2D eigenvalue weighted by molar-refractivity contribution is 0.589. The van der Waals surface area contributed by atoms with Crippen LogP contribution in [0.5, 0.6) is 0 Å². The maximum absolute atomic E-state index is 9.54. The van der Waals surface area contributed by atoms with Crippen molar-refractivity contribution < 1.29 is 0 Å². The van der Waals surface area contributed by atoms with Gasteiger partial charge in [0.2, 0.25) is 0 Å². The third-order valence-corrected chi connectivity index (χ3v) is 8.95. The number of fused-ring (bicyclic) bond motifs is 1.